The van der Waals surface area contributed by atoms with E-state index in [1.807, 2.05) is 14.0 Å². The first-order valence-corrected chi connectivity index (χ1v) is 8.05. The number of pyridine rings is 1. The number of rotatable bonds is 2. The Labute approximate surface area is 159 Å². The Morgan fingerprint density at radius 1 is 1.24 bits per heavy atom. The van der Waals surface area contributed by atoms with Crippen molar-refractivity contribution < 1.29 is 4.74 Å². The Morgan fingerprint density at radius 3 is 2.68 bits per heavy atom. The van der Waals surface area contributed by atoms with Crippen LogP contribution in [-0.4, -0.2) is 45.5 Å². The van der Waals surface area contributed by atoms with E-state index in [1.54, 1.807) is 11.8 Å². The predicted octanol–water partition coefficient (Wildman–Crippen LogP) is 2.13. The molecule has 25 heavy (non-hydrogen) atoms. The van der Waals surface area contributed by atoms with E-state index < -0.39 is 0 Å². The number of methoxy groups -OCH3 is 1. The summed E-state index contributed by atoms with van der Waals surface area (Å²) in [5.41, 5.74) is 3.34. The van der Waals surface area contributed by atoms with Gasteiger partial charge >= 0.3 is 6.01 Å². The van der Waals surface area contributed by atoms with Crippen LogP contribution in [0.2, 0.25) is 0 Å². The minimum absolute atomic E-state index is 0. The fourth-order valence-corrected chi connectivity index (χ4v) is 3.59. The van der Waals surface area contributed by atoms with Crippen molar-refractivity contribution in [3.63, 3.8) is 0 Å². The van der Waals surface area contributed by atoms with Gasteiger partial charge in [0, 0.05) is 19.2 Å². The molecule has 0 aliphatic carbocycles. The summed E-state index contributed by atoms with van der Waals surface area (Å²) in [5, 5.41) is 11.6. The molecule has 7 nitrogen and oxygen atoms in total. The molecule has 4 heterocycles. The van der Waals surface area contributed by atoms with Crippen LogP contribution in [0.1, 0.15) is 24.1 Å². The zero-order valence-electron chi connectivity index (χ0n) is 14.6. The standard InChI is InChI=1S/C16H22N6O.2ClH/c1-10-12(14-19-15(23-3)22(2)21-14)8-11-4-5-16(6-7-17-9-16)20-13(11)18-10;;/h8,17H,4-7,9H2,1-3H3,(H,18,20);2*1H. The van der Waals surface area contributed by atoms with Crippen LogP contribution in [0.4, 0.5) is 5.82 Å². The van der Waals surface area contributed by atoms with E-state index in [4.69, 9.17) is 9.72 Å². The summed E-state index contributed by atoms with van der Waals surface area (Å²) < 4.78 is 6.86. The van der Waals surface area contributed by atoms with Crippen LogP contribution in [-0.2, 0) is 13.5 Å². The quantitative estimate of drug-likeness (QED) is 0.822. The molecular formula is C16H24Cl2N6O. The molecule has 1 saturated heterocycles. The average molecular weight is 387 g/mol. The summed E-state index contributed by atoms with van der Waals surface area (Å²) in [6, 6.07) is 2.68. The van der Waals surface area contributed by atoms with Crippen LogP contribution < -0.4 is 15.4 Å². The SMILES string of the molecule is COc1nc(-c2cc3c(nc2C)NC2(CCNC2)CC3)nn1C.Cl.Cl. The van der Waals surface area contributed by atoms with Gasteiger partial charge in [0.25, 0.3) is 0 Å². The average Bonchev–Trinajstić information content (AvgIpc) is 3.13. The van der Waals surface area contributed by atoms with Crippen molar-refractivity contribution in [2.45, 2.75) is 31.7 Å². The molecule has 2 N–H and O–H groups in total. The maximum absolute atomic E-state index is 5.21. The Morgan fingerprint density at radius 2 is 2.04 bits per heavy atom. The van der Waals surface area contributed by atoms with Crippen molar-refractivity contribution in [2.24, 2.45) is 7.05 Å². The van der Waals surface area contributed by atoms with E-state index in [-0.39, 0.29) is 30.4 Å². The molecule has 1 spiro atoms. The monoisotopic (exact) mass is 386 g/mol. The Hall–Kier alpha value is -1.57. The van der Waals surface area contributed by atoms with Gasteiger partial charge in [0.05, 0.1) is 18.3 Å². The molecule has 9 heteroatoms. The lowest BCUT2D eigenvalue weighted by Gasteiger charge is -2.35. The lowest BCUT2D eigenvalue weighted by atomic mass is 9.86. The second kappa shape index (κ2) is 7.35. The lowest BCUT2D eigenvalue weighted by Crippen LogP contribution is -2.44. The van der Waals surface area contributed by atoms with Crippen LogP contribution in [0.3, 0.4) is 0 Å². The number of nitrogens with zero attached hydrogens (tertiary/aromatic N) is 4. The third-order valence-corrected chi connectivity index (χ3v) is 4.94. The molecule has 0 saturated carbocycles. The predicted molar refractivity (Wildman–Crippen MR) is 102 cm³/mol. The van der Waals surface area contributed by atoms with Gasteiger partial charge in [-0.3, -0.25) is 0 Å². The number of hydrogen-bond donors (Lipinski definition) is 2. The smallest absolute Gasteiger partial charge is 0.314 e. The first-order valence-electron chi connectivity index (χ1n) is 8.05. The maximum Gasteiger partial charge on any atom is 0.314 e. The highest BCUT2D eigenvalue weighted by molar-refractivity contribution is 5.85. The second-order valence-corrected chi connectivity index (χ2v) is 6.51. The molecule has 2 aromatic rings. The van der Waals surface area contributed by atoms with Gasteiger partial charge in [-0.1, -0.05) is 0 Å². The van der Waals surface area contributed by atoms with Crippen LogP contribution >= 0.6 is 24.8 Å². The highest BCUT2D eigenvalue weighted by Gasteiger charge is 2.37. The second-order valence-electron chi connectivity index (χ2n) is 6.51. The number of aryl methyl sites for hydroxylation is 3. The largest absolute Gasteiger partial charge is 0.467 e. The van der Waals surface area contributed by atoms with Gasteiger partial charge in [-0.2, -0.15) is 4.98 Å². The minimum atomic E-state index is 0. The lowest BCUT2D eigenvalue weighted by molar-refractivity contribution is 0.359. The van der Waals surface area contributed by atoms with Crippen LogP contribution in [0, 0.1) is 6.92 Å². The number of nitrogens with one attached hydrogen (secondary N) is 2. The number of anilines is 1. The van der Waals surface area contributed by atoms with E-state index in [9.17, 15) is 0 Å². The van der Waals surface area contributed by atoms with Crippen molar-refractivity contribution >= 4 is 30.6 Å². The van der Waals surface area contributed by atoms with Gasteiger partial charge in [-0.05, 0) is 44.4 Å². The first-order chi connectivity index (χ1) is 11.1. The number of hydrogen-bond acceptors (Lipinski definition) is 6. The molecule has 138 valence electrons. The number of aromatic nitrogens is 4. The van der Waals surface area contributed by atoms with E-state index in [1.165, 1.54) is 5.56 Å². The van der Waals surface area contributed by atoms with E-state index in [0.717, 1.165) is 49.4 Å². The molecule has 1 unspecified atom stereocenters. The van der Waals surface area contributed by atoms with Gasteiger partial charge in [0.15, 0.2) is 5.82 Å². The summed E-state index contributed by atoms with van der Waals surface area (Å²) in [4.78, 5) is 9.24. The summed E-state index contributed by atoms with van der Waals surface area (Å²) in [7, 11) is 3.43. The summed E-state index contributed by atoms with van der Waals surface area (Å²) >= 11 is 0. The molecule has 1 fully saturated rings. The van der Waals surface area contributed by atoms with Gasteiger partial charge in [0.2, 0.25) is 0 Å². The van der Waals surface area contributed by atoms with Crippen molar-refractivity contribution in [3.05, 3.63) is 17.3 Å². The molecule has 1 atom stereocenters. The Kier molecular flexibility index (Phi) is 5.81. The Balaban J connectivity index is 0.00000113. The molecule has 0 aromatic carbocycles. The maximum atomic E-state index is 5.21. The number of fused-ring (bicyclic) bond motifs is 1. The number of ether oxygens (including phenoxy) is 1. The third kappa shape index (κ3) is 3.41. The normalized spacial score (nSPS) is 21.1. The molecule has 2 aliphatic heterocycles. The highest BCUT2D eigenvalue weighted by Crippen LogP contribution is 2.35. The summed E-state index contributed by atoms with van der Waals surface area (Å²) in [6.45, 7) is 4.11. The van der Waals surface area contributed by atoms with E-state index >= 15 is 0 Å². The van der Waals surface area contributed by atoms with Gasteiger partial charge in [0.1, 0.15) is 5.82 Å². The van der Waals surface area contributed by atoms with Crippen molar-refractivity contribution in [3.8, 4) is 17.4 Å². The van der Waals surface area contributed by atoms with Crippen LogP contribution in [0.25, 0.3) is 11.4 Å². The molecule has 0 radical (unpaired) electrons. The zero-order valence-corrected chi connectivity index (χ0v) is 16.3. The van der Waals surface area contributed by atoms with Crippen LogP contribution in [0.5, 0.6) is 6.01 Å². The van der Waals surface area contributed by atoms with Crippen molar-refractivity contribution in [1.82, 2.24) is 25.1 Å². The zero-order chi connectivity index (χ0) is 16.0. The van der Waals surface area contributed by atoms with Crippen molar-refractivity contribution in [2.75, 3.05) is 25.5 Å². The minimum Gasteiger partial charge on any atom is -0.467 e. The molecule has 2 aliphatic rings. The molecule has 2 aromatic heterocycles. The molecule has 0 bridgehead atoms. The van der Waals surface area contributed by atoms with Crippen molar-refractivity contribution in [1.29, 1.82) is 0 Å². The van der Waals surface area contributed by atoms with Crippen LogP contribution in [0.15, 0.2) is 6.07 Å². The van der Waals surface area contributed by atoms with E-state index in [2.05, 4.69) is 26.8 Å². The molecule has 0 amide bonds. The third-order valence-electron chi connectivity index (χ3n) is 4.94. The molecule has 4 rings (SSSR count). The molecular weight excluding hydrogens is 363 g/mol. The summed E-state index contributed by atoms with van der Waals surface area (Å²) in [6.07, 6.45) is 3.33. The summed E-state index contributed by atoms with van der Waals surface area (Å²) in [5.74, 6) is 1.68. The number of halogens is 2. The topological polar surface area (TPSA) is 76.9 Å². The van der Waals surface area contributed by atoms with Gasteiger partial charge in [-0.25, -0.2) is 9.67 Å². The first kappa shape index (κ1) is 19.8. The highest BCUT2D eigenvalue weighted by atomic mass is 35.5. The fraction of sp³-hybridized carbons (Fsp3) is 0.562. The fourth-order valence-electron chi connectivity index (χ4n) is 3.59. The van der Waals surface area contributed by atoms with Gasteiger partial charge in [-0.15, -0.1) is 29.9 Å². The van der Waals surface area contributed by atoms with E-state index in [0.29, 0.717) is 11.8 Å². The Bertz CT molecular complexity index is 757. The van der Waals surface area contributed by atoms with Gasteiger partial charge < -0.3 is 15.4 Å².